The molecule has 1 aliphatic heterocycles. The van der Waals surface area contributed by atoms with E-state index >= 15 is 0 Å². The Morgan fingerprint density at radius 1 is 1.22 bits per heavy atom. The van der Waals surface area contributed by atoms with Crippen molar-refractivity contribution in [3.8, 4) is 6.07 Å². The van der Waals surface area contributed by atoms with Gasteiger partial charge in [-0.1, -0.05) is 35.9 Å². The summed E-state index contributed by atoms with van der Waals surface area (Å²) in [6, 6.07) is 12.6. The monoisotopic (exact) mass is 582 g/mol. The first kappa shape index (κ1) is 28.1. The lowest BCUT2D eigenvalue weighted by molar-refractivity contribution is -0.128. The molecule has 1 saturated carbocycles. The fraction of sp³-hybridized carbons (Fsp3) is 0.250. The highest BCUT2D eigenvalue weighted by Crippen LogP contribution is 2.42. The molecule has 1 aromatic heterocycles. The van der Waals surface area contributed by atoms with Gasteiger partial charge < -0.3 is 5.32 Å². The van der Waals surface area contributed by atoms with Crippen molar-refractivity contribution in [2.45, 2.75) is 36.5 Å². The van der Waals surface area contributed by atoms with E-state index in [1.165, 1.54) is 42.6 Å². The maximum atomic E-state index is 14.6. The molecule has 2 fully saturated rings. The summed E-state index contributed by atoms with van der Waals surface area (Å²) in [4.78, 5) is 46.7. The summed E-state index contributed by atoms with van der Waals surface area (Å²) in [6.07, 6.45) is 0.428. The number of halogens is 4. The van der Waals surface area contributed by atoms with E-state index in [1.807, 2.05) is 6.07 Å². The molecule has 2 aromatic carbocycles. The molecule has 3 aromatic rings. The maximum absolute atomic E-state index is 14.6. The number of nitriles is 1. The van der Waals surface area contributed by atoms with Crippen molar-refractivity contribution in [2.75, 3.05) is 16.3 Å². The smallest absolute Gasteiger partial charge is 0.323 e. The van der Waals surface area contributed by atoms with E-state index in [4.69, 9.17) is 11.6 Å². The van der Waals surface area contributed by atoms with Crippen LogP contribution in [0.15, 0.2) is 66.9 Å². The highest BCUT2D eigenvalue weighted by atomic mass is 35.5. The number of pyridine rings is 1. The zero-order chi connectivity index (χ0) is 29.4. The minimum absolute atomic E-state index is 0.0161. The Morgan fingerprint density at radius 2 is 1.98 bits per heavy atom. The Balaban J connectivity index is 1.68. The summed E-state index contributed by atoms with van der Waals surface area (Å²) in [7, 11) is 0. The average molecular weight is 583 g/mol. The van der Waals surface area contributed by atoms with Crippen molar-refractivity contribution in [1.82, 2.24) is 15.6 Å². The molecule has 2 atom stereocenters. The summed E-state index contributed by atoms with van der Waals surface area (Å²) in [5.41, 5.74) is -2.06. The van der Waals surface area contributed by atoms with Gasteiger partial charge in [0.15, 0.2) is 11.9 Å². The lowest BCUT2D eigenvalue weighted by atomic mass is 9.85. The standard InChI is InChI=1S/C28H22ClF3N6O3/c29-22-7-2-1-6-21(22)28(16-39,36-19-12-27(31,32)13-19)38(20-5-3-4-18(30)11-20)25(40)23-15-35-26(41)37(23)24-10-17(14-33)8-9-34-24/h1-11,16,19,23,36H,12-13,15H2,(H,35,41)/t23-,28+/m0/s1. The van der Waals surface area contributed by atoms with Crippen molar-refractivity contribution in [3.63, 3.8) is 0 Å². The Labute approximate surface area is 237 Å². The van der Waals surface area contributed by atoms with E-state index in [2.05, 4.69) is 15.6 Å². The van der Waals surface area contributed by atoms with Gasteiger partial charge in [0.2, 0.25) is 0 Å². The third-order valence-corrected chi connectivity index (χ3v) is 7.32. The van der Waals surface area contributed by atoms with Crippen molar-refractivity contribution >= 4 is 41.3 Å². The Hall–Kier alpha value is -4.47. The Kier molecular flexibility index (Phi) is 7.42. The number of hydrogen-bond acceptors (Lipinski definition) is 6. The molecular formula is C28H22ClF3N6O3. The molecule has 210 valence electrons. The van der Waals surface area contributed by atoms with Crippen LogP contribution in [0.4, 0.5) is 29.5 Å². The van der Waals surface area contributed by atoms with Gasteiger partial charge in [-0.25, -0.2) is 22.9 Å². The number of alkyl halides is 2. The molecular weight excluding hydrogens is 561 g/mol. The predicted molar refractivity (Wildman–Crippen MR) is 143 cm³/mol. The summed E-state index contributed by atoms with van der Waals surface area (Å²) in [6.45, 7) is -0.235. The average Bonchev–Trinajstić information content (AvgIpc) is 3.33. The molecule has 1 aliphatic carbocycles. The van der Waals surface area contributed by atoms with E-state index in [1.54, 1.807) is 12.1 Å². The summed E-state index contributed by atoms with van der Waals surface area (Å²) < 4.78 is 42.4. The minimum atomic E-state index is -2.98. The van der Waals surface area contributed by atoms with E-state index < -0.39 is 54.3 Å². The number of nitrogens with one attached hydrogen (secondary N) is 2. The van der Waals surface area contributed by atoms with E-state index in [-0.39, 0.29) is 34.2 Å². The molecule has 0 bridgehead atoms. The topological polar surface area (TPSA) is 118 Å². The van der Waals surface area contributed by atoms with Crippen molar-refractivity contribution < 1.29 is 27.6 Å². The molecule has 41 heavy (non-hydrogen) atoms. The Bertz CT molecular complexity index is 1560. The number of carbonyl (C=O) groups is 3. The number of anilines is 2. The third-order valence-electron chi connectivity index (χ3n) is 6.99. The number of rotatable bonds is 8. The van der Waals surface area contributed by atoms with Crippen molar-refractivity contribution in [1.29, 1.82) is 5.26 Å². The summed E-state index contributed by atoms with van der Waals surface area (Å²) in [5.74, 6) is -4.60. The Morgan fingerprint density at radius 3 is 2.63 bits per heavy atom. The van der Waals surface area contributed by atoms with Crippen LogP contribution in [0.2, 0.25) is 5.02 Å². The number of amides is 3. The molecule has 0 radical (unpaired) electrons. The van der Waals surface area contributed by atoms with Crippen LogP contribution in [-0.2, 0) is 15.3 Å². The fourth-order valence-corrected chi connectivity index (χ4v) is 5.39. The zero-order valence-corrected chi connectivity index (χ0v) is 22.0. The van der Waals surface area contributed by atoms with Gasteiger partial charge in [-0.15, -0.1) is 0 Å². The first-order valence-corrected chi connectivity index (χ1v) is 12.9. The van der Waals surface area contributed by atoms with Gasteiger partial charge in [-0.05, 0) is 36.4 Å². The maximum Gasteiger partial charge on any atom is 0.323 e. The van der Waals surface area contributed by atoms with Gasteiger partial charge in [0, 0.05) is 47.9 Å². The second-order valence-electron chi connectivity index (χ2n) is 9.71. The largest absolute Gasteiger partial charge is 0.335 e. The molecule has 3 amide bonds. The minimum Gasteiger partial charge on any atom is -0.335 e. The van der Waals surface area contributed by atoms with Crippen LogP contribution in [-0.4, -0.2) is 47.8 Å². The third kappa shape index (κ3) is 5.21. The zero-order valence-electron chi connectivity index (χ0n) is 21.2. The molecule has 2 aliphatic rings. The van der Waals surface area contributed by atoms with Gasteiger partial charge in [0.05, 0.1) is 11.6 Å². The number of aromatic nitrogens is 1. The lowest BCUT2D eigenvalue weighted by Gasteiger charge is -2.47. The SMILES string of the molecule is N#Cc1ccnc(N2C(=O)NC[C@H]2C(=O)N(c2cccc(F)c2)[C@@](C=O)(NC2CC(F)(F)C2)c2ccccc2Cl)c1. The van der Waals surface area contributed by atoms with Crippen LogP contribution in [0.25, 0.3) is 0 Å². The summed E-state index contributed by atoms with van der Waals surface area (Å²) in [5, 5.41) is 14.8. The predicted octanol–water partition coefficient (Wildman–Crippen LogP) is 4.12. The molecule has 1 saturated heterocycles. The van der Waals surface area contributed by atoms with Crippen LogP contribution in [0, 0.1) is 17.1 Å². The molecule has 2 heterocycles. The van der Waals surface area contributed by atoms with Gasteiger partial charge in [0.1, 0.15) is 17.7 Å². The number of urea groups is 1. The van der Waals surface area contributed by atoms with Crippen molar-refractivity contribution in [3.05, 3.63) is 88.8 Å². The van der Waals surface area contributed by atoms with E-state index in [0.717, 1.165) is 21.9 Å². The molecule has 13 heteroatoms. The molecule has 2 N–H and O–H groups in total. The fourth-order valence-electron chi connectivity index (χ4n) is 5.11. The molecule has 0 unspecified atom stereocenters. The van der Waals surface area contributed by atoms with Crippen LogP contribution in [0.1, 0.15) is 24.0 Å². The van der Waals surface area contributed by atoms with Gasteiger partial charge >= 0.3 is 6.03 Å². The highest BCUT2D eigenvalue weighted by Gasteiger charge is 2.54. The van der Waals surface area contributed by atoms with Gasteiger partial charge in [-0.3, -0.25) is 24.7 Å². The lowest BCUT2D eigenvalue weighted by Crippen LogP contribution is -2.68. The van der Waals surface area contributed by atoms with Crippen LogP contribution in [0.3, 0.4) is 0 Å². The quantitative estimate of drug-likeness (QED) is 0.305. The van der Waals surface area contributed by atoms with Gasteiger partial charge in [-0.2, -0.15) is 5.26 Å². The second-order valence-corrected chi connectivity index (χ2v) is 10.1. The normalized spacial score (nSPS) is 19.4. The number of aldehydes is 1. The first-order valence-electron chi connectivity index (χ1n) is 12.5. The first-order chi connectivity index (χ1) is 19.6. The molecule has 5 rings (SSSR count). The number of hydrogen-bond donors (Lipinski definition) is 2. The van der Waals surface area contributed by atoms with Crippen molar-refractivity contribution in [2.24, 2.45) is 0 Å². The number of carbonyl (C=O) groups excluding carboxylic acids is 3. The molecule has 0 spiro atoms. The van der Waals surface area contributed by atoms with Gasteiger partial charge in [0.25, 0.3) is 11.8 Å². The van der Waals surface area contributed by atoms with Crippen LogP contribution >= 0.6 is 11.6 Å². The number of benzene rings is 2. The second kappa shape index (κ2) is 10.8. The highest BCUT2D eigenvalue weighted by molar-refractivity contribution is 6.31. The molecule has 9 nitrogen and oxygen atoms in total. The van der Waals surface area contributed by atoms with Crippen LogP contribution in [0.5, 0.6) is 0 Å². The van der Waals surface area contributed by atoms with E-state index in [9.17, 15) is 32.8 Å². The van der Waals surface area contributed by atoms with Crippen LogP contribution < -0.4 is 20.4 Å². The number of nitrogens with zero attached hydrogens (tertiary/aromatic N) is 4. The summed E-state index contributed by atoms with van der Waals surface area (Å²) >= 11 is 6.52. The van der Waals surface area contributed by atoms with E-state index in [0.29, 0.717) is 6.29 Å².